The molecule has 0 radical (unpaired) electrons. The molecule has 31 heavy (non-hydrogen) atoms. The van der Waals surface area contributed by atoms with Crippen LogP contribution in [0.4, 0.5) is 23.2 Å². The molecule has 0 unspecified atom stereocenters. The molecule has 11 heteroatoms. The fourth-order valence-electron chi connectivity index (χ4n) is 3.22. The molecular weight excluding hydrogens is 442 g/mol. The smallest absolute Gasteiger partial charge is 0.431 e. The third kappa shape index (κ3) is 3.52. The fraction of sp³-hybridized carbons (Fsp3) is 0.150. The van der Waals surface area contributed by atoms with Crippen molar-refractivity contribution < 1.29 is 22.3 Å². The first-order valence-electron chi connectivity index (χ1n) is 8.78. The Balaban J connectivity index is 2.04. The van der Waals surface area contributed by atoms with Gasteiger partial charge in [0, 0.05) is 13.1 Å². The number of nitrogens with zero attached hydrogens (tertiary/aromatic N) is 3. The van der Waals surface area contributed by atoms with E-state index in [1.54, 1.807) is 30.3 Å². The molecule has 1 aromatic heterocycles. The number of halogens is 5. The molecule has 160 valence electrons. The molecule has 0 atom stereocenters. The molecule has 0 amide bonds. The first-order valence-corrected chi connectivity index (χ1v) is 9.16. The molecule has 0 fully saturated rings. The number of alkyl halides is 3. The van der Waals surface area contributed by atoms with E-state index in [0.717, 1.165) is 13.1 Å². The van der Waals surface area contributed by atoms with E-state index in [4.69, 9.17) is 16.3 Å². The highest BCUT2D eigenvalue weighted by Gasteiger charge is 2.36. The van der Waals surface area contributed by atoms with E-state index in [-0.39, 0.29) is 38.3 Å². The van der Waals surface area contributed by atoms with Crippen LogP contribution in [-0.2, 0) is 13.2 Å². The van der Waals surface area contributed by atoms with E-state index in [2.05, 4.69) is 4.99 Å². The summed E-state index contributed by atoms with van der Waals surface area (Å²) in [6, 6.07) is 9.71. The van der Waals surface area contributed by atoms with Crippen molar-refractivity contribution in [3.05, 3.63) is 85.4 Å². The van der Waals surface area contributed by atoms with Gasteiger partial charge in [-0.3, -0.25) is 9.36 Å². The van der Waals surface area contributed by atoms with E-state index in [1.165, 1.54) is 0 Å². The predicted octanol–water partition coefficient (Wildman–Crippen LogP) is 3.86. The van der Waals surface area contributed by atoms with Crippen LogP contribution in [0.5, 0.6) is 5.75 Å². The highest BCUT2D eigenvalue weighted by Crippen LogP contribution is 2.43. The maximum atomic E-state index is 14.9. The quantitative estimate of drug-likeness (QED) is 0.553. The molecule has 1 aliphatic rings. The van der Waals surface area contributed by atoms with Crippen molar-refractivity contribution in [1.29, 1.82) is 0 Å². The normalized spacial score (nSPS) is 13.4. The summed E-state index contributed by atoms with van der Waals surface area (Å²) in [6.07, 6.45) is -4.95. The SMILES string of the molecule is Cn1c(C(F)(F)F)cc(=O)n(-c2c(F)cc(Cl)c3c2N=C(c2ccccc2)CO3)c1=O. The second-order valence-corrected chi connectivity index (χ2v) is 7.03. The van der Waals surface area contributed by atoms with Gasteiger partial charge in [0.1, 0.15) is 23.7 Å². The first-order chi connectivity index (χ1) is 14.6. The third-order valence-electron chi connectivity index (χ3n) is 4.68. The van der Waals surface area contributed by atoms with Crippen LogP contribution in [-0.4, -0.2) is 21.5 Å². The second kappa shape index (κ2) is 7.38. The lowest BCUT2D eigenvalue weighted by atomic mass is 10.1. The van der Waals surface area contributed by atoms with Gasteiger partial charge in [-0.25, -0.2) is 18.7 Å². The van der Waals surface area contributed by atoms with Crippen LogP contribution in [0.3, 0.4) is 0 Å². The van der Waals surface area contributed by atoms with Crippen LogP contribution in [0.2, 0.25) is 5.02 Å². The molecule has 2 heterocycles. The van der Waals surface area contributed by atoms with Crippen molar-refractivity contribution in [2.24, 2.45) is 12.0 Å². The predicted molar refractivity (Wildman–Crippen MR) is 105 cm³/mol. The van der Waals surface area contributed by atoms with Gasteiger partial charge >= 0.3 is 11.9 Å². The Labute approximate surface area is 176 Å². The van der Waals surface area contributed by atoms with Crippen molar-refractivity contribution >= 4 is 23.0 Å². The Morgan fingerprint density at radius 2 is 1.81 bits per heavy atom. The van der Waals surface area contributed by atoms with E-state index in [9.17, 15) is 27.2 Å². The zero-order valence-corrected chi connectivity index (χ0v) is 16.5. The summed E-state index contributed by atoms with van der Waals surface area (Å²) in [5.74, 6) is -1.21. The average molecular weight is 454 g/mol. The summed E-state index contributed by atoms with van der Waals surface area (Å²) >= 11 is 6.04. The number of hydrogen-bond donors (Lipinski definition) is 0. The van der Waals surface area contributed by atoms with E-state index < -0.39 is 34.6 Å². The number of fused-ring (bicyclic) bond motifs is 1. The van der Waals surface area contributed by atoms with Gasteiger partial charge in [-0.15, -0.1) is 0 Å². The number of rotatable bonds is 2. The minimum absolute atomic E-state index is 0.0261. The van der Waals surface area contributed by atoms with Crippen LogP contribution >= 0.6 is 11.6 Å². The molecule has 0 N–H and O–H groups in total. The highest BCUT2D eigenvalue weighted by atomic mass is 35.5. The van der Waals surface area contributed by atoms with E-state index in [1.807, 2.05) is 0 Å². The lowest BCUT2D eigenvalue weighted by Crippen LogP contribution is -2.41. The molecular formula is C20H12ClF4N3O3. The minimum atomic E-state index is -4.95. The van der Waals surface area contributed by atoms with Gasteiger partial charge in [-0.2, -0.15) is 13.2 Å². The molecule has 4 rings (SSSR count). The van der Waals surface area contributed by atoms with E-state index >= 15 is 0 Å². The Hall–Kier alpha value is -3.40. The molecule has 0 spiro atoms. The van der Waals surface area contributed by atoms with Crippen molar-refractivity contribution in [2.75, 3.05) is 6.61 Å². The monoisotopic (exact) mass is 453 g/mol. The van der Waals surface area contributed by atoms with Gasteiger partial charge in [0.05, 0.1) is 10.7 Å². The Morgan fingerprint density at radius 3 is 2.45 bits per heavy atom. The molecule has 0 saturated heterocycles. The fourth-order valence-corrected chi connectivity index (χ4v) is 3.46. The van der Waals surface area contributed by atoms with Crippen molar-refractivity contribution in [2.45, 2.75) is 6.18 Å². The van der Waals surface area contributed by atoms with Gasteiger partial charge in [0.2, 0.25) is 0 Å². The Kier molecular flexibility index (Phi) is 4.97. The molecule has 2 aromatic carbocycles. The number of ether oxygens (including phenoxy) is 1. The summed E-state index contributed by atoms with van der Waals surface area (Å²) in [7, 11) is 0.830. The van der Waals surface area contributed by atoms with Gasteiger partial charge in [-0.05, 0) is 11.6 Å². The summed E-state index contributed by atoms with van der Waals surface area (Å²) in [6.45, 7) is -0.0261. The van der Waals surface area contributed by atoms with Crippen LogP contribution in [0.1, 0.15) is 11.3 Å². The molecule has 3 aromatic rings. The van der Waals surface area contributed by atoms with E-state index in [0.29, 0.717) is 11.3 Å². The Morgan fingerprint density at radius 1 is 1.13 bits per heavy atom. The van der Waals surface area contributed by atoms with Crippen LogP contribution < -0.4 is 16.0 Å². The lowest BCUT2D eigenvalue weighted by molar-refractivity contribution is -0.144. The maximum Gasteiger partial charge on any atom is 0.431 e. The van der Waals surface area contributed by atoms with Crippen LogP contribution in [0.15, 0.2) is 57.0 Å². The van der Waals surface area contributed by atoms with Crippen molar-refractivity contribution in [1.82, 2.24) is 9.13 Å². The topological polar surface area (TPSA) is 65.6 Å². The van der Waals surface area contributed by atoms with Gasteiger partial charge in [-0.1, -0.05) is 41.9 Å². The summed E-state index contributed by atoms with van der Waals surface area (Å²) in [5, 5.41) is -0.163. The highest BCUT2D eigenvalue weighted by molar-refractivity contribution is 6.33. The summed E-state index contributed by atoms with van der Waals surface area (Å²) in [5.41, 5.74) is -4.17. The zero-order valence-electron chi connectivity index (χ0n) is 15.7. The number of aliphatic imine (C=N–C) groups is 1. The van der Waals surface area contributed by atoms with Crippen LogP contribution in [0.25, 0.3) is 5.69 Å². The molecule has 0 aliphatic carbocycles. The molecule has 6 nitrogen and oxygen atoms in total. The Bertz CT molecular complexity index is 1340. The van der Waals surface area contributed by atoms with Gasteiger partial charge < -0.3 is 4.74 Å². The summed E-state index contributed by atoms with van der Waals surface area (Å²) in [4.78, 5) is 29.5. The summed E-state index contributed by atoms with van der Waals surface area (Å²) < 4.78 is 60.5. The van der Waals surface area contributed by atoms with Crippen molar-refractivity contribution in [3.63, 3.8) is 0 Å². The standard InChI is InChI=1S/C20H12ClF4N3O3/c1-27-14(20(23,24)25)8-15(29)28(19(27)30)17-12(22)7-11(21)18-16(17)26-13(9-31-18)10-5-3-2-4-6-10/h2-8H,9H2,1H3. The molecule has 1 aliphatic heterocycles. The maximum absolute atomic E-state index is 14.9. The average Bonchev–Trinajstić information content (AvgIpc) is 2.72. The number of benzene rings is 2. The first kappa shape index (κ1) is 20.9. The molecule has 0 bridgehead atoms. The largest absolute Gasteiger partial charge is 0.483 e. The molecule has 0 saturated carbocycles. The number of hydrogen-bond acceptors (Lipinski definition) is 4. The third-order valence-corrected chi connectivity index (χ3v) is 4.96. The lowest BCUT2D eigenvalue weighted by Gasteiger charge is -2.22. The second-order valence-electron chi connectivity index (χ2n) is 6.62. The number of aromatic nitrogens is 2. The van der Waals surface area contributed by atoms with Gasteiger partial charge in [0.15, 0.2) is 11.6 Å². The minimum Gasteiger partial charge on any atom is -0.483 e. The van der Waals surface area contributed by atoms with Crippen LogP contribution in [0, 0.1) is 5.82 Å². The zero-order chi connectivity index (χ0) is 22.5. The van der Waals surface area contributed by atoms with Gasteiger partial charge in [0.25, 0.3) is 5.56 Å². The van der Waals surface area contributed by atoms with Crippen molar-refractivity contribution in [3.8, 4) is 11.4 Å².